The summed E-state index contributed by atoms with van der Waals surface area (Å²) >= 11 is 1.71. The van der Waals surface area contributed by atoms with E-state index in [4.69, 9.17) is 0 Å². The zero-order valence-electron chi connectivity index (χ0n) is 6.48. The number of halogens is 1. The standard InChI is InChI=1S/C6H5F.C4H4S/c7-6-4-2-1-3-5-6;1-2-4-5-3-1/h1-5H;1-4H. The Bertz CT molecular complexity index is 259. The molecule has 62 valence electrons. The molecule has 2 heteroatoms. The average Bonchev–Trinajstić information content (AvgIpc) is 2.62. The molecule has 0 spiro atoms. The first kappa shape index (κ1) is 8.94. The first-order valence-electron chi connectivity index (χ1n) is 3.57. The molecule has 0 saturated carbocycles. The third-order valence-corrected chi connectivity index (χ3v) is 1.79. The van der Waals surface area contributed by atoms with E-state index in [0.717, 1.165) is 0 Å². The van der Waals surface area contributed by atoms with Crippen molar-refractivity contribution < 1.29 is 4.39 Å². The third kappa shape index (κ3) is 3.88. The van der Waals surface area contributed by atoms with Crippen molar-refractivity contribution >= 4 is 11.3 Å². The van der Waals surface area contributed by atoms with E-state index in [2.05, 4.69) is 0 Å². The smallest absolute Gasteiger partial charge is 0.123 e. The van der Waals surface area contributed by atoms with Crippen LogP contribution in [0.4, 0.5) is 4.39 Å². The Balaban J connectivity index is 0.000000127. The second-order valence-electron chi connectivity index (χ2n) is 2.09. The minimum absolute atomic E-state index is 0.178. The van der Waals surface area contributed by atoms with Crippen LogP contribution in [0.5, 0.6) is 0 Å². The summed E-state index contributed by atoms with van der Waals surface area (Å²) in [6.45, 7) is 0. The Kier molecular flexibility index (Phi) is 4.09. The predicted octanol–water partition coefficient (Wildman–Crippen LogP) is 3.57. The first-order chi connectivity index (χ1) is 5.89. The summed E-state index contributed by atoms with van der Waals surface area (Å²) < 4.78 is 11.9. The molecular formula is C10H9FS. The number of benzene rings is 1. The molecule has 0 aliphatic rings. The van der Waals surface area contributed by atoms with Gasteiger partial charge in [0.15, 0.2) is 0 Å². The average molecular weight is 180 g/mol. The first-order valence-corrected chi connectivity index (χ1v) is 4.51. The van der Waals surface area contributed by atoms with E-state index in [1.165, 1.54) is 12.1 Å². The molecule has 0 radical (unpaired) electrons. The maximum absolute atomic E-state index is 11.9. The lowest BCUT2D eigenvalue weighted by atomic mass is 10.4. The van der Waals surface area contributed by atoms with E-state index in [1.807, 2.05) is 22.9 Å². The van der Waals surface area contributed by atoms with Crippen molar-refractivity contribution in [2.24, 2.45) is 0 Å². The normalized spacial score (nSPS) is 8.42. The van der Waals surface area contributed by atoms with Crippen LogP contribution in [0.1, 0.15) is 0 Å². The highest BCUT2D eigenvalue weighted by Gasteiger charge is 1.77. The van der Waals surface area contributed by atoms with E-state index in [9.17, 15) is 4.39 Å². The summed E-state index contributed by atoms with van der Waals surface area (Å²) in [5, 5.41) is 4.08. The van der Waals surface area contributed by atoms with Crippen LogP contribution in [-0.4, -0.2) is 0 Å². The zero-order valence-corrected chi connectivity index (χ0v) is 7.30. The number of hydrogen-bond acceptors (Lipinski definition) is 1. The summed E-state index contributed by atoms with van der Waals surface area (Å²) in [4.78, 5) is 0. The number of thiophene rings is 1. The van der Waals surface area contributed by atoms with Gasteiger partial charge in [0.2, 0.25) is 0 Å². The van der Waals surface area contributed by atoms with Crippen LogP contribution in [-0.2, 0) is 0 Å². The van der Waals surface area contributed by atoms with Crippen LogP contribution in [0.15, 0.2) is 53.2 Å². The molecule has 0 aliphatic heterocycles. The van der Waals surface area contributed by atoms with Crippen LogP contribution >= 0.6 is 11.3 Å². The monoisotopic (exact) mass is 180 g/mol. The molecule has 0 fully saturated rings. The maximum Gasteiger partial charge on any atom is 0.123 e. The number of hydrogen-bond donors (Lipinski definition) is 0. The molecule has 0 amide bonds. The van der Waals surface area contributed by atoms with E-state index in [0.29, 0.717) is 0 Å². The minimum Gasteiger partial charge on any atom is -0.207 e. The van der Waals surface area contributed by atoms with Gasteiger partial charge in [0.1, 0.15) is 5.82 Å². The minimum atomic E-state index is -0.178. The lowest BCUT2D eigenvalue weighted by Gasteiger charge is -1.78. The Labute approximate surface area is 75.3 Å². The summed E-state index contributed by atoms with van der Waals surface area (Å²) in [6, 6.07) is 12.0. The second-order valence-corrected chi connectivity index (χ2v) is 2.91. The Hall–Kier alpha value is -1.15. The van der Waals surface area contributed by atoms with Crippen LogP contribution < -0.4 is 0 Å². The van der Waals surface area contributed by atoms with Gasteiger partial charge in [-0.3, -0.25) is 0 Å². The van der Waals surface area contributed by atoms with Crippen LogP contribution in [0.3, 0.4) is 0 Å². The van der Waals surface area contributed by atoms with Crippen molar-refractivity contribution in [3.8, 4) is 0 Å². The highest BCUT2D eigenvalue weighted by atomic mass is 32.1. The van der Waals surface area contributed by atoms with Crippen molar-refractivity contribution in [1.82, 2.24) is 0 Å². The molecular weight excluding hydrogens is 171 g/mol. The Morgan fingerprint density at radius 1 is 0.833 bits per heavy atom. The molecule has 1 heterocycles. The Morgan fingerprint density at radius 3 is 1.67 bits per heavy atom. The molecule has 12 heavy (non-hydrogen) atoms. The molecule has 1 aromatic carbocycles. The summed E-state index contributed by atoms with van der Waals surface area (Å²) in [5.74, 6) is -0.178. The fourth-order valence-corrected chi connectivity index (χ4v) is 1.10. The molecule has 0 N–H and O–H groups in total. The van der Waals surface area contributed by atoms with Crippen LogP contribution in [0.2, 0.25) is 0 Å². The van der Waals surface area contributed by atoms with Gasteiger partial charge in [-0.15, -0.1) is 0 Å². The number of rotatable bonds is 0. The van der Waals surface area contributed by atoms with Gasteiger partial charge in [-0.05, 0) is 22.9 Å². The molecule has 0 aliphatic carbocycles. The third-order valence-electron chi connectivity index (χ3n) is 1.16. The lowest BCUT2D eigenvalue weighted by molar-refractivity contribution is 0.628. The maximum atomic E-state index is 11.9. The van der Waals surface area contributed by atoms with Gasteiger partial charge in [-0.1, -0.05) is 30.3 Å². The van der Waals surface area contributed by atoms with Crippen molar-refractivity contribution in [1.29, 1.82) is 0 Å². The zero-order chi connectivity index (χ0) is 8.65. The predicted molar refractivity (Wildman–Crippen MR) is 50.7 cm³/mol. The quantitative estimate of drug-likeness (QED) is 0.581. The molecule has 2 aromatic rings. The van der Waals surface area contributed by atoms with Gasteiger partial charge in [0, 0.05) is 0 Å². The largest absolute Gasteiger partial charge is 0.207 e. The van der Waals surface area contributed by atoms with E-state index >= 15 is 0 Å². The fourth-order valence-electron chi connectivity index (χ4n) is 0.641. The SMILES string of the molecule is Fc1ccccc1.c1ccsc1. The highest BCUT2D eigenvalue weighted by molar-refractivity contribution is 7.07. The van der Waals surface area contributed by atoms with Crippen molar-refractivity contribution in [2.75, 3.05) is 0 Å². The van der Waals surface area contributed by atoms with E-state index in [-0.39, 0.29) is 5.82 Å². The van der Waals surface area contributed by atoms with E-state index in [1.54, 1.807) is 29.5 Å². The van der Waals surface area contributed by atoms with Crippen molar-refractivity contribution in [3.05, 3.63) is 59.0 Å². The van der Waals surface area contributed by atoms with E-state index < -0.39 is 0 Å². The molecule has 2 rings (SSSR count). The highest BCUT2D eigenvalue weighted by Crippen LogP contribution is 1.92. The van der Waals surface area contributed by atoms with Crippen LogP contribution in [0, 0.1) is 5.82 Å². The summed E-state index contributed by atoms with van der Waals surface area (Å²) in [7, 11) is 0. The second kappa shape index (κ2) is 5.49. The van der Waals surface area contributed by atoms with Gasteiger partial charge >= 0.3 is 0 Å². The van der Waals surface area contributed by atoms with Gasteiger partial charge in [-0.2, -0.15) is 11.3 Å². The van der Waals surface area contributed by atoms with Crippen LogP contribution in [0.25, 0.3) is 0 Å². The van der Waals surface area contributed by atoms with Gasteiger partial charge in [0.05, 0.1) is 0 Å². The van der Waals surface area contributed by atoms with Crippen molar-refractivity contribution in [2.45, 2.75) is 0 Å². The van der Waals surface area contributed by atoms with Gasteiger partial charge in [-0.25, -0.2) is 4.39 Å². The molecule has 0 bridgehead atoms. The summed E-state index contributed by atoms with van der Waals surface area (Å²) in [5.41, 5.74) is 0. The van der Waals surface area contributed by atoms with Gasteiger partial charge < -0.3 is 0 Å². The van der Waals surface area contributed by atoms with Crippen molar-refractivity contribution in [3.63, 3.8) is 0 Å². The molecule has 0 saturated heterocycles. The Morgan fingerprint density at radius 2 is 1.42 bits per heavy atom. The molecule has 0 nitrogen and oxygen atoms in total. The molecule has 0 atom stereocenters. The summed E-state index contributed by atoms with van der Waals surface area (Å²) in [6.07, 6.45) is 0. The van der Waals surface area contributed by atoms with Gasteiger partial charge in [0.25, 0.3) is 0 Å². The topological polar surface area (TPSA) is 0 Å². The fraction of sp³-hybridized carbons (Fsp3) is 0. The molecule has 1 aromatic heterocycles. The lowest BCUT2D eigenvalue weighted by Crippen LogP contribution is -1.63. The molecule has 0 unspecified atom stereocenters.